The molecule has 2 aromatic rings. The Bertz CT molecular complexity index is 804. The topological polar surface area (TPSA) is 45.2 Å². The van der Waals surface area contributed by atoms with Gasteiger partial charge in [0.2, 0.25) is 0 Å². The number of halogens is 4. The quantitative estimate of drug-likeness (QED) is 0.774. The zero-order valence-corrected chi connectivity index (χ0v) is 15.3. The first kappa shape index (κ1) is 18.3. The minimum absolute atomic E-state index is 0.158. The van der Waals surface area contributed by atoms with Crippen molar-refractivity contribution in [3.05, 3.63) is 41.6 Å². The Hall–Kier alpha value is -2.09. The van der Waals surface area contributed by atoms with E-state index in [-0.39, 0.29) is 12.1 Å². The third-order valence-electron chi connectivity index (χ3n) is 5.10. The van der Waals surface area contributed by atoms with Crippen LogP contribution in [-0.4, -0.2) is 40.1 Å². The number of aromatic nitrogens is 3. The lowest BCUT2D eigenvalue weighted by atomic mass is 10.0. The zero-order chi connectivity index (χ0) is 19.0. The molecule has 0 unspecified atom stereocenters. The molecule has 0 radical (unpaired) electrons. The van der Waals surface area contributed by atoms with E-state index >= 15 is 0 Å². The van der Waals surface area contributed by atoms with Gasteiger partial charge in [-0.05, 0) is 31.7 Å². The van der Waals surface area contributed by atoms with E-state index in [0.717, 1.165) is 56.9 Å². The van der Waals surface area contributed by atoms with E-state index in [1.807, 2.05) is 6.07 Å². The molecule has 9 heteroatoms. The summed E-state index contributed by atoms with van der Waals surface area (Å²) >= 11 is 6.23. The van der Waals surface area contributed by atoms with Crippen LogP contribution in [-0.2, 0) is 6.18 Å². The molecule has 1 aliphatic heterocycles. The van der Waals surface area contributed by atoms with Crippen LogP contribution < -0.4 is 9.80 Å². The molecule has 0 bridgehead atoms. The SMILES string of the molecule is FC(F)(F)c1cc(N(C2CC2)C2CCN(c3ccncc3Cl)CC2)ncn1. The number of nitrogens with zero attached hydrogens (tertiary/aromatic N) is 5. The molecule has 1 saturated carbocycles. The van der Waals surface area contributed by atoms with Crippen molar-refractivity contribution in [1.82, 2.24) is 15.0 Å². The molecule has 2 aliphatic rings. The summed E-state index contributed by atoms with van der Waals surface area (Å²) in [5.41, 5.74) is 0.0589. The summed E-state index contributed by atoms with van der Waals surface area (Å²) in [6, 6.07) is 3.39. The van der Waals surface area contributed by atoms with E-state index < -0.39 is 11.9 Å². The largest absolute Gasteiger partial charge is 0.433 e. The van der Waals surface area contributed by atoms with Crippen molar-refractivity contribution >= 4 is 23.1 Å². The monoisotopic (exact) mass is 397 g/mol. The van der Waals surface area contributed by atoms with E-state index in [1.165, 1.54) is 0 Å². The molecular weight excluding hydrogens is 379 g/mol. The van der Waals surface area contributed by atoms with Crippen LogP contribution in [0.4, 0.5) is 24.7 Å². The molecule has 5 nitrogen and oxygen atoms in total. The van der Waals surface area contributed by atoms with Crippen molar-refractivity contribution in [3.8, 4) is 0 Å². The van der Waals surface area contributed by atoms with Gasteiger partial charge in [-0.2, -0.15) is 13.2 Å². The van der Waals surface area contributed by atoms with Gasteiger partial charge < -0.3 is 9.80 Å². The van der Waals surface area contributed by atoms with Crippen molar-refractivity contribution in [3.63, 3.8) is 0 Å². The molecule has 1 aliphatic carbocycles. The lowest BCUT2D eigenvalue weighted by molar-refractivity contribution is -0.141. The van der Waals surface area contributed by atoms with Gasteiger partial charge in [0.1, 0.15) is 17.8 Å². The van der Waals surface area contributed by atoms with Crippen molar-refractivity contribution in [2.45, 2.75) is 43.9 Å². The van der Waals surface area contributed by atoms with Gasteiger partial charge >= 0.3 is 6.18 Å². The third kappa shape index (κ3) is 3.95. The van der Waals surface area contributed by atoms with E-state index in [4.69, 9.17) is 11.6 Å². The fourth-order valence-electron chi connectivity index (χ4n) is 3.68. The first-order valence-electron chi connectivity index (χ1n) is 8.95. The molecule has 4 rings (SSSR count). The normalized spacial score (nSPS) is 18.6. The molecule has 27 heavy (non-hydrogen) atoms. The second-order valence-corrected chi connectivity index (χ2v) is 7.35. The van der Waals surface area contributed by atoms with Gasteiger partial charge in [-0.1, -0.05) is 11.6 Å². The van der Waals surface area contributed by atoms with Crippen molar-refractivity contribution in [2.24, 2.45) is 0 Å². The average Bonchev–Trinajstić information content (AvgIpc) is 3.48. The van der Waals surface area contributed by atoms with Crippen molar-refractivity contribution in [1.29, 1.82) is 0 Å². The highest BCUT2D eigenvalue weighted by Crippen LogP contribution is 2.38. The molecule has 0 N–H and O–H groups in total. The summed E-state index contributed by atoms with van der Waals surface area (Å²) in [4.78, 5) is 15.8. The van der Waals surface area contributed by atoms with Gasteiger partial charge in [0.25, 0.3) is 0 Å². The smallest absolute Gasteiger partial charge is 0.370 e. The van der Waals surface area contributed by atoms with Gasteiger partial charge in [-0.3, -0.25) is 4.98 Å². The Morgan fingerprint density at radius 3 is 2.41 bits per heavy atom. The van der Waals surface area contributed by atoms with Gasteiger partial charge in [0.05, 0.1) is 10.7 Å². The lowest BCUT2D eigenvalue weighted by Crippen LogP contribution is -2.46. The first-order chi connectivity index (χ1) is 12.9. The second kappa shape index (κ2) is 7.14. The van der Waals surface area contributed by atoms with Crippen LogP contribution >= 0.6 is 11.6 Å². The summed E-state index contributed by atoms with van der Waals surface area (Å²) < 4.78 is 39.1. The third-order valence-corrected chi connectivity index (χ3v) is 5.39. The number of piperidine rings is 1. The summed E-state index contributed by atoms with van der Waals surface area (Å²) in [5.74, 6) is 0.375. The van der Waals surface area contributed by atoms with Crippen molar-refractivity contribution < 1.29 is 13.2 Å². The Morgan fingerprint density at radius 2 is 1.78 bits per heavy atom. The van der Waals surface area contributed by atoms with Crippen LogP contribution in [0.2, 0.25) is 5.02 Å². The number of hydrogen-bond acceptors (Lipinski definition) is 5. The molecule has 3 heterocycles. The summed E-state index contributed by atoms with van der Waals surface area (Å²) in [7, 11) is 0. The number of pyridine rings is 1. The van der Waals surface area contributed by atoms with Crippen molar-refractivity contribution in [2.75, 3.05) is 22.9 Å². The standard InChI is InChI=1S/C18H19ClF3N5/c19-14-10-23-6-3-15(14)26-7-4-13(5-8-26)27(12-1-2-12)17-9-16(18(20,21)22)24-11-25-17/h3,6,9-13H,1-2,4-5,7-8H2. The predicted molar refractivity (Wildman–Crippen MR) is 97.0 cm³/mol. The number of alkyl halides is 3. The van der Waals surface area contributed by atoms with E-state index in [0.29, 0.717) is 10.8 Å². The van der Waals surface area contributed by atoms with Crippen LogP contribution in [0.15, 0.2) is 30.9 Å². The molecular formula is C18H19ClF3N5. The van der Waals surface area contributed by atoms with Crippen LogP contribution in [0, 0.1) is 0 Å². The molecule has 0 spiro atoms. The molecule has 1 saturated heterocycles. The summed E-state index contributed by atoms with van der Waals surface area (Å²) in [5, 5.41) is 0.612. The van der Waals surface area contributed by atoms with Gasteiger partial charge in [-0.25, -0.2) is 9.97 Å². The second-order valence-electron chi connectivity index (χ2n) is 6.94. The van der Waals surface area contributed by atoms with Gasteiger partial charge in [0.15, 0.2) is 0 Å². The van der Waals surface area contributed by atoms with E-state index in [9.17, 15) is 13.2 Å². The molecule has 2 aromatic heterocycles. The highest BCUT2D eigenvalue weighted by molar-refractivity contribution is 6.33. The zero-order valence-electron chi connectivity index (χ0n) is 14.5. The minimum Gasteiger partial charge on any atom is -0.370 e. The Balaban J connectivity index is 1.51. The highest BCUT2D eigenvalue weighted by Gasteiger charge is 2.39. The van der Waals surface area contributed by atoms with Crippen LogP contribution in [0.5, 0.6) is 0 Å². The maximum Gasteiger partial charge on any atom is 0.433 e. The summed E-state index contributed by atoms with van der Waals surface area (Å²) in [6.45, 7) is 1.57. The lowest BCUT2D eigenvalue weighted by Gasteiger charge is -2.40. The Labute approximate surface area is 160 Å². The predicted octanol–water partition coefficient (Wildman–Crippen LogP) is 4.18. The Kier molecular flexibility index (Phi) is 4.84. The number of rotatable bonds is 4. The van der Waals surface area contributed by atoms with Gasteiger partial charge in [-0.15, -0.1) is 0 Å². The first-order valence-corrected chi connectivity index (χ1v) is 9.33. The van der Waals surface area contributed by atoms with Crippen LogP contribution in [0.1, 0.15) is 31.4 Å². The number of hydrogen-bond donors (Lipinski definition) is 0. The fourth-order valence-corrected chi connectivity index (χ4v) is 3.92. The van der Waals surface area contributed by atoms with Crippen LogP contribution in [0.3, 0.4) is 0 Å². The molecule has 144 valence electrons. The molecule has 2 fully saturated rings. The average molecular weight is 398 g/mol. The summed E-state index contributed by atoms with van der Waals surface area (Å²) in [6.07, 6.45) is 3.53. The number of anilines is 2. The maximum atomic E-state index is 13.0. The molecule has 0 atom stereocenters. The van der Waals surface area contributed by atoms with E-state index in [1.54, 1.807) is 12.4 Å². The minimum atomic E-state index is -4.46. The fraction of sp³-hybridized carbons (Fsp3) is 0.500. The Morgan fingerprint density at radius 1 is 1.07 bits per heavy atom. The van der Waals surface area contributed by atoms with Crippen LogP contribution in [0.25, 0.3) is 0 Å². The molecule has 0 amide bonds. The highest BCUT2D eigenvalue weighted by atomic mass is 35.5. The van der Waals surface area contributed by atoms with Gasteiger partial charge in [0, 0.05) is 43.6 Å². The maximum absolute atomic E-state index is 13.0. The molecule has 0 aromatic carbocycles. The van der Waals surface area contributed by atoms with E-state index in [2.05, 4.69) is 24.8 Å².